The molecule has 10 heteroatoms. The summed E-state index contributed by atoms with van der Waals surface area (Å²) in [6.45, 7) is 6.90. The largest absolute Gasteiger partial charge is 0.383 e. The topological polar surface area (TPSA) is 101 Å². The number of nitrogens with zero attached hydrogens (tertiary/aromatic N) is 4. The van der Waals surface area contributed by atoms with Crippen molar-refractivity contribution < 1.29 is 5.76 Å². The first-order valence-electron chi connectivity index (χ1n) is 12.8. The van der Waals surface area contributed by atoms with Gasteiger partial charge in [-0.25, -0.2) is 4.39 Å². The third-order valence-electron chi connectivity index (χ3n) is 6.01. The predicted molar refractivity (Wildman–Crippen MR) is 153 cm³/mol. The van der Waals surface area contributed by atoms with E-state index >= 15 is 0 Å². The monoisotopic (exact) mass is 543 g/mol. The summed E-state index contributed by atoms with van der Waals surface area (Å²) >= 11 is 6.70. The molecule has 3 heterocycles. The zero-order valence-corrected chi connectivity index (χ0v) is 22.4. The van der Waals surface area contributed by atoms with Crippen LogP contribution >= 0.6 is 11.6 Å². The van der Waals surface area contributed by atoms with Gasteiger partial charge in [0.1, 0.15) is 11.9 Å². The molecule has 1 aliphatic heterocycles. The van der Waals surface area contributed by atoms with Crippen molar-refractivity contribution in [1.29, 1.82) is 5.26 Å². The Balaban J connectivity index is 1.60. The van der Waals surface area contributed by atoms with Gasteiger partial charge in [-0.1, -0.05) is 44.5 Å². The van der Waals surface area contributed by atoms with E-state index in [0.29, 0.717) is 50.7 Å². The zero-order valence-electron chi connectivity index (χ0n) is 22.7. The second kappa shape index (κ2) is 10.8. The Labute approximate surface area is 232 Å². The predicted octanol–water partition coefficient (Wildman–Crippen LogP) is 6.28. The second-order valence-electron chi connectivity index (χ2n) is 10.3. The fourth-order valence-corrected chi connectivity index (χ4v) is 4.36. The number of rotatable bonds is 7. The van der Waals surface area contributed by atoms with Crippen LogP contribution < -0.4 is 26.6 Å². The van der Waals surface area contributed by atoms with Gasteiger partial charge in [0.15, 0.2) is 0 Å². The minimum atomic E-state index is -1.60. The fourth-order valence-electron chi connectivity index (χ4n) is 4.09. The number of pyridine rings is 2. The Morgan fingerprint density at radius 1 is 1.21 bits per heavy atom. The van der Waals surface area contributed by atoms with Gasteiger partial charge < -0.3 is 16.1 Å². The molecule has 2 aromatic heterocycles. The Kier molecular flexibility index (Phi) is 6.88. The number of hydrazine groups is 2. The lowest BCUT2D eigenvalue weighted by Gasteiger charge is -2.23. The summed E-state index contributed by atoms with van der Waals surface area (Å²) in [7, 11) is 0. The highest BCUT2D eigenvalue weighted by molar-refractivity contribution is 6.35. The molecule has 0 radical (unpaired) electrons. The van der Waals surface area contributed by atoms with Gasteiger partial charge in [0.2, 0.25) is 0 Å². The van der Waals surface area contributed by atoms with Crippen molar-refractivity contribution in [2.45, 2.75) is 26.8 Å². The van der Waals surface area contributed by atoms with Crippen LogP contribution in [0.2, 0.25) is 5.02 Å². The van der Waals surface area contributed by atoms with Crippen LogP contribution in [0.4, 0.5) is 21.5 Å². The Hall–Kier alpha value is -4.39. The molecule has 1 unspecified atom stereocenters. The summed E-state index contributed by atoms with van der Waals surface area (Å²) in [6, 6.07) is 13.5. The molecule has 8 nitrogen and oxygen atoms in total. The average molecular weight is 544 g/mol. The number of anilines is 3. The number of fused-ring (bicyclic) bond motifs is 1. The quantitative estimate of drug-likeness (QED) is 0.216. The lowest BCUT2D eigenvalue weighted by atomic mass is 9.96. The lowest BCUT2D eigenvalue weighted by Crippen LogP contribution is -2.37. The van der Waals surface area contributed by atoms with Crippen molar-refractivity contribution in [2.24, 2.45) is 5.41 Å². The Morgan fingerprint density at radius 2 is 2.00 bits per heavy atom. The number of hydrogen-bond acceptors (Lipinski definition) is 8. The lowest BCUT2D eigenvalue weighted by molar-refractivity contribution is 0.443. The van der Waals surface area contributed by atoms with Crippen LogP contribution in [-0.4, -0.2) is 16.5 Å². The number of hydrogen-bond donors (Lipinski definition) is 4. The molecule has 5 rings (SSSR count). The highest BCUT2D eigenvalue weighted by Gasteiger charge is 2.24. The van der Waals surface area contributed by atoms with Crippen molar-refractivity contribution in [3.63, 3.8) is 0 Å². The minimum absolute atomic E-state index is 0.0470. The smallest absolute Gasteiger partial charge is 0.123 e. The Morgan fingerprint density at radius 3 is 2.69 bits per heavy atom. The standard InChI is InChI=1S/C29H28ClFN8/c1-29(2,3)17-35-26-19(13-32)14-34-28-23(26)11-21(12-24(28)30)36-27(18-6-8-20(31)9-7-18)25-16-39(38-37-25)22-5-4-10-33-15-22/h4-12,14-16,27,36-38H,17H2,1-3H3,(H,34,35)/i27D. The van der Waals surface area contributed by atoms with Crippen LogP contribution in [0.5, 0.6) is 0 Å². The molecule has 1 aliphatic rings. The molecule has 0 aliphatic carbocycles. The zero-order chi connectivity index (χ0) is 28.5. The highest BCUT2D eigenvalue weighted by atomic mass is 35.5. The number of halogens is 2. The third kappa shape index (κ3) is 5.87. The van der Waals surface area contributed by atoms with Crippen molar-refractivity contribution in [2.75, 3.05) is 22.2 Å². The first-order chi connectivity index (χ1) is 19.1. The van der Waals surface area contributed by atoms with E-state index in [1.807, 2.05) is 12.1 Å². The van der Waals surface area contributed by atoms with Gasteiger partial charge in [-0.2, -0.15) is 5.26 Å². The molecule has 0 saturated carbocycles. The number of nitriles is 1. The van der Waals surface area contributed by atoms with Crippen molar-refractivity contribution in [1.82, 2.24) is 20.9 Å². The number of aromatic nitrogens is 2. The first-order valence-corrected chi connectivity index (χ1v) is 12.7. The maximum atomic E-state index is 13.9. The van der Waals surface area contributed by atoms with Gasteiger partial charge in [0.25, 0.3) is 0 Å². The van der Waals surface area contributed by atoms with Crippen molar-refractivity contribution in [3.05, 3.63) is 101 Å². The van der Waals surface area contributed by atoms with Crippen molar-refractivity contribution >= 4 is 39.6 Å². The molecule has 0 fully saturated rings. The SMILES string of the molecule is [2H]C(Nc1cc(Cl)c2ncc(C#N)c(NCC(C)(C)C)c2c1)(C1=CN(c2cccnc2)NN1)c1ccc(F)cc1. The Bertz CT molecular complexity index is 1620. The van der Waals surface area contributed by atoms with Gasteiger partial charge in [-0.15, -0.1) is 5.53 Å². The fraction of sp³-hybridized carbons (Fsp3) is 0.207. The van der Waals surface area contributed by atoms with Gasteiger partial charge in [0, 0.05) is 36.2 Å². The molecule has 2 aromatic carbocycles. The van der Waals surface area contributed by atoms with Crippen molar-refractivity contribution in [3.8, 4) is 6.07 Å². The van der Waals surface area contributed by atoms with E-state index in [4.69, 9.17) is 11.6 Å². The van der Waals surface area contributed by atoms with E-state index in [1.54, 1.807) is 47.9 Å². The minimum Gasteiger partial charge on any atom is -0.383 e. The summed E-state index contributed by atoms with van der Waals surface area (Å²) < 4.78 is 23.5. The number of benzene rings is 2. The summed E-state index contributed by atoms with van der Waals surface area (Å²) in [4.78, 5) is 8.58. The normalized spacial score (nSPS) is 15.1. The molecule has 0 bridgehead atoms. The first kappa shape index (κ1) is 24.9. The van der Waals surface area contributed by atoms with Crippen LogP contribution in [0, 0.1) is 22.6 Å². The van der Waals surface area contributed by atoms with Crippen LogP contribution in [-0.2, 0) is 0 Å². The molecule has 0 amide bonds. The third-order valence-corrected chi connectivity index (χ3v) is 6.29. The summed E-state index contributed by atoms with van der Waals surface area (Å²) in [6.07, 6.45) is 6.59. The molecule has 4 N–H and O–H groups in total. The van der Waals surface area contributed by atoms with Gasteiger partial charge in [0.05, 0.1) is 46.8 Å². The van der Waals surface area contributed by atoms with E-state index < -0.39 is 11.8 Å². The van der Waals surface area contributed by atoms with Gasteiger partial charge >= 0.3 is 0 Å². The van der Waals surface area contributed by atoms with E-state index in [9.17, 15) is 11.0 Å². The van der Waals surface area contributed by atoms with Crippen LogP contribution in [0.3, 0.4) is 0 Å². The molecular formula is C29H28ClFN8. The van der Waals surface area contributed by atoms with Crippen LogP contribution in [0.1, 0.15) is 39.3 Å². The van der Waals surface area contributed by atoms with E-state index in [1.165, 1.54) is 18.3 Å². The molecule has 1 atom stereocenters. The van der Waals surface area contributed by atoms with E-state index in [0.717, 1.165) is 5.69 Å². The highest BCUT2D eigenvalue weighted by Crippen LogP contribution is 2.36. The maximum absolute atomic E-state index is 13.9. The summed E-state index contributed by atoms with van der Waals surface area (Å²) in [5.74, 6) is -0.409. The molecule has 0 spiro atoms. The molecule has 0 saturated heterocycles. The molecular weight excluding hydrogens is 515 g/mol. The van der Waals surface area contributed by atoms with Gasteiger partial charge in [-0.05, 0) is 47.4 Å². The molecule has 39 heavy (non-hydrogen) atoms. The second-order valence-corrected chi connectivity index (χ2v) is 10.7. The van der Waals surface area contributed by atoms with Crippen LogP contribution in [0.25, 0.3) is 10.9 Å². The summed E-state index contributed by atoms with van der Waals surface area (Å²) in [5, 5.41) is 19.2. The molecule has 4 aromatic rings. The van der Waals surface area contributed by atoms with Crippen LogP contribution in [0.15, 0.2) is 79.0 Å². The summed E-state index contributed by atoms with van der Waals surface area (Å²) in [5.41, 5.74) is 9.76. The maximum Gasteiger partial charge on any atom is 0.123 e. The van der Waals surface area contributed by atoms with E-state index in [2.05, 4.69) is 58.4 Å². The van der Waals surface area contributed by atoms with E-state index in [-0.39, 0.29) is 5.41 Å². The average Bonchev–Trinajstić information content (AvgIpc) is 3.43. The number of nitrogens with one attached hydrogen (secondary N) is 4. The van der Waals surface area contributed by atoms with Gasteiger partial charge in [-0.3, -0.25) is 15.0 Å². The molecule has 198 valence electrons.